The van der Waals surface area contributed by atoms with E-state index in [-0.39, 0.29) is 39.2 Å². The minimum atomic E-state index is -0.0686. The van der Waals surface area contributed by atoms with Gasteiger partial charge in [0.15, 0.2) is 0 Å². The van der Waals surface area contributed by atoms with Crippen molar-refractivity contribution in [3.63, 3.8) is 0 Å². The molecule has 0 N–H and O–H groups in total. The van der Waals surface area contributed by atoms with Gasteiger partial charge in [0.2, 0.25) is 0 Å². The number of para-hydroxylation sites is 2. The zero-order chi connectivity index (χ0) is 54.4. The molecule has 2 aliphatic carbocycles. The Bertz CT molecular complexity index is 3580. The second kappa shape index (κ2) is 17.6. The largest absolute Gasteiger partial charge is 0.311 e. The highest BCUT2D eigenvalue weighted by molar-refractivity contribution is 7.00. The topological polar surface area (TPSA) is 9.72 Å². The van der Waals surface area contributed by atoms with Crippen molar-refractivity contribution in [3.05, 3.63) is 203 Å². The van der Waals surface area contributed by atoms with Crippen LogP contribution in [0.2, 0.25) is 0 Å². The summed E-state index contributed by atoms with van der Waals surface area (Å²) in [7, 11) is 0. The van der Waals surface area contributed by atoms with E-state index in [1.54, 1.807) is 0 Å². The standard InChI is InChI=1S/C73H80BN3/c1-47-39-55-57(72(12,13)37-35-70(55,8)9)45-63(47)77-62-34-32-50(69(5,6)7)41-59(62)74-60-44-56-58(73(14,15)38-36-71(56,10)11)46-64(60)76(61-33-31-49(68(2,3)4)40-54(61)48-25-19-16-20-26-48)65-42-53(43-66(77)67(65)74)75(51-27-21-17-22-28-51)52-29-23-18-24-30-52/h16-34,39-46H,35-38H2,1-15H3. The molecule has 0 saturated carbocycles. The number of benzene rings is 8. The molecule has 8 aromatic carbocycles. The Morgan fingerprint density at radius 1 is 0.390 bits per heavy atom. The summed E-state index contributed by atoms with van der Waals surface area (Å²) in [6, 6.07) is 63.8. The van der Waals surface area contributed by atoms with Crippen molar-refractivity contribution in [1.82, 2.24) is 0 Å². The maximum atomic E-state index is 2.72. The minimum Gasteiger partial charge on any atom is -0.311 e. The number of anilines is 9. The Kier molecular flexibility index (Phi) is 11.7. The second-order valence-corrected chi connectivity index (χ2v) is 28.1. The second-order valence-electron chi connectivity index (χ2n) is 28.1. The van der Waals surface area contributed by atoms with Crippen molar-refractivity contribution in [2.24, 2.45) is 0 Å². The van der Waals surface area contributed by atoms with Crippen molar-refractivity contribution < 1.29 is 0 Å². The summed E-state index contributed by atoms with van der Waals surface area (Å²) in [6.07, 6.45) is 4.61. The molecule has 0 atom stereocenters. The monoisotopic (exact) mass is 1010 g/mol. The first kappa shape index (κ1) is 51.0. The van der Waals surface area contributed by atoms with Crippen LogP contribution in [0.1, 0.15) is 162 Å². The van der Waals surface area contributed by atoms with Gasteiger partial charge in [-0.1, -0.05) is 194 Å². The lowest BCUT2D eigenvalue weighted by Gasteiger charge is -2.48. The third-order valence-corrected chi connectivity index (χ3v) is 18.8. The Hall–Kier alpha value is -6.78. The van der Waals surface area contributed by atoms with E-state index in [4.69, 9.17) is 0 Å². The number of fused-ring (bicyclic) bond motifs is 6. The molecule has 4 aliphatic rings. The summed E-state index contributed by atoms with van der Waals surface area (Å²) in [5, 5.41) is 0. The van der Waals surface area contributed by atoms with Crippen LogP contribution in [0.15, 0.2) is 164 Å². The summed E-state index contributed by atoms with van der Waals surface area (Å²) < 4.78 is 0. The zero-order valence-corrected chi connectivity index (χ0v) is 48.8. The van der Waals surface area contributed by atoms with Crippen LogP contribution in [0.4, 0.5) is 51.2 Å². The Labute approximate surface area is 462 Å². The predicted molar refractivity (Wildman–Crippen MR) is 333 cm³/mol. The molecule has 2 aliphatic heterocycles. The number of aryl methyl sites for hydroxylation is 1. The highest BCUT2D eigenvalue weighted by Crippen LogP contribution is 2.55. The molecule has 0 fully saturated rings. The van der Waals surface area contributed by atoms with Crippen molar-refractivity contribution in [2.75, 3.05) is 14.7 Å². The van der Waals surface area contributed by atoms with Crippen LogP contribution in [0.3, 0.4) is 0 Å². The summed E-state index contributed by atoms with van der Waals surface area (Å²) >= 11 is 0. The molecule has 3 nitrogen and oxygen atoms in total. The molecule has 0 bridgehead atoms. The average Bonchev–Trinajstić information content (AvgIpc) is 3.53. The van der Waals surface area contributed by atoms with E-state index < -0.39 is 0 Å². The maximum Gasteiger partial charge on any atom is 0.252 e. The molecule has 0 aromatic heterocycles. The molecule has 4 heteroatoms. The van der Waals surface area contributed by atoms with Crippen molar-refractivity contribution in [3.8, 4) is 11.1 Å². The first-order chi connectivity index (χ1) is 36.3. The third-order valence-electron chi connectivity index (χ3n) is 18.8. The lowest BCUT2D eigenvalue weighted by atomic mass is 9.33. The van der Waals surface area contributed by atoms with Gasteiger partial charge in [-0.2, -0.15) is 0 Å². The normalized spacial score (nSPS) is 17.4. The van der Waals surface area contributed by atoms with Gasteiger partial charge in [-0.3, -0.25) is 0 Å². The molecule has 8 aromatic rings. The Morgan fingerprint density at radius 3 is 1.31 bits per heavy atom. The van der Waals surface area contributed by atoms with E-state index >= 15 is 0 Å². The molecule has 0 unspecified atom stereocenters. The van der Waals surface area contributed by atoms with Crippen LogP contribution in [-0.2, 0) is 32.5 Å². The fourth-order valence-corrected chi connectivity index (χ4v) is 13.8. The van der Waals surface area contributed by atoms with Gasteiger partial charge in [0.1, 0.15) is 0 Å². The predicted octanol–water partition coefficient (Wildman–Crippen LogP) is 18.5. The van der Waals surface area contributed by atoms with Crippen molar-refractivity contribution in [2.45, 2.75) is 162 Å². The number of rotatable bonds is 6. The van der Waals surface area contributed by atoms with Gasteiger partial charge >= 0.3 is 0 Å². The number of hydrogen-bond acceptors (Lipinski definition) is 3. The van der Waals surface area contributed by atoms with Crippen LogP contribution >= 0.6 is 0 Å². The molecular formula is C73H80BN3. The van der Waals surface area contributed by atoms with Crippen LogP contribution in [-0.4, -0.2) is 6.71 Å². The van der Waals surface area contributed by atoms with Crippen molar-refractivity contribution >= 4 is 74.3 Å². The van der Waals surface area contributed by atoms with Gasteiger partial charge in [0.05, 0.1) is 11.4 Å². The highest BCUT2D eigenvalue weighted by atomic mass is 15.2. The van der Waals surface area contributed by atoms with Crippen LogP contribution in [0.5, 0.6) is 0 Å². The quantitative estimate of drug-likeness (QED) is 0.154. The Balaban J connectivity index is 1.28. The van der Waals surface area contributed by atoms with Gasteiger partial charge in [0, 0.05) is 45.4 Å². The van der Waals surface area contributed by atoms with E-state index in [9.17, 15) is 0 Å². The van der Waals surface area contributed by atoms with Crippen LogP contribution in [0.25, 0.3) is 11.1 Å². The summed E-state index contributed by atoms with van der Waals surface area (Å²) in [5.41, 5.74) is 27.2. The first-order valence-corrected chi connectivity index (χ1v) is 28.7. The number of hydrogen-bond donors (Lipinski definition) is 0. The van der Waals surface area contributed by atoms with Gasteiger partial charge in [-0.25, -0.2) is 0 Å². The summed E-state index contributed by atoms with van der Waals surface area (Å²) in [5.74, 6) is 0. The molecule has 0 spiro atoms. The zero-order valence-electron chi connectivity index (χ0n) is 48.8. The minimum absolute atomic E-state index is 0.00468. The van der Waals surface area contributed by atoms with E-state index in [0.29, 0.717) is 0 Å². The van der Waals surface area contributed by atoms with E-state index in [1.807, 2.05) is 0 Å². The van der Waals surface area contributed by atoms with Crippen LogP contribution < -0.4 is 31.1 Å². The molecule has 77 heavy (non-hydrogen) atoms. The molecule has 0 radical (unpaired) electrons. The molecular weight excluding hydrogens is 930 g/mol. The molecule has 12 rings (SSSR count). The number of nitrogens with zero attached hydrogens (tertiary/aromatic N) is 3. The molecule has 0 saturated heterocycles. The van der Waals surface area contributed by atoms with Gasteiger partial charge in [-0.05, 0) is 193 Å². The Morgan fingerprint density at radius 2 is 0.805 bits per heavy atom. The highest BCUT2D eigenvalue weighted by Gasteiger charge is 2.48. The fraction of sp³-hybridized carbons (Fsp3) is 0.342. The molecule has 0 amide bonds. The van der Waals surface area contributed by atoms with Crippen LogP contribution in [0, 0.1) is 6.92 Å². The lowest BCUT2D eigenvalue weighted by Crippen LogP contribution is -2.62. The molecule has 2 heterocycles. The first-order valence-electron chi connectivity index (χ1n) is 28.7. The summed E-state index contributed by atoms with van der Waals surface area (Å²) in [4.78, 5) is 7.91. The summed E-state index contributed by atoms with van der Waals surface area (Å²) in [6.45, 7) is 36.3. The van der Waals surface area contributed by atoms with Crippen molar-refractivity contribution in [1.29, 1.82) is 0 Å². The lowest BCUT2D eigenvalue weighted by molar-refractivity contribution is 0.332. The fourth-order valence-electron chi connectivity index (χ4n) is 13.8. The smallest absolute Gasteiger partial charge is 0.252 e. The van der Waals surface area contributed by atoms with Gasteiger partial charge in [-0.15, -0.1) is 0 Å². The average molecular weight is 1010 g/mol. The maximum absolute atomic E-state index is 2.72. The van der Waals surface area contributed by atoms with Gasteiger partial charge < -0.3 is 14.7 Å². The molecule has 390 valence electrons. The van der Waals surface area contributed by atoms with E-state index in [0.717, 1.165) is 36.3 Å². The third kappa shape index (κ3) is 8.38. The van der Waals surface area contributed by atoms with E-state index in [1.165, 1.54) is 107 Å². The van der Waals surface area contributed by atoms with Gasteiger partial charge in [0.25, 0.3) is 6.71 Å². The van der Waals surface area contributed by atoms with E-state index in [2.05, 4.69) is 282 Å². The SMILES string of the molecule is Cc1cc2c(cc1N1c3ccc(C(C)(C)C)cc3B3c4cc5c(cc4N(c4ccc(C(C)(C)C)cc4-c4ccccc4)c4cc(N(c6ccccc6)c6ccccc6)cc1c43)C(C)(C)CCC5(C)C)C(C)(C)CCC2(C)C.